The summed E-state index contributed by atoms with van der Waals surface area (Å²) in [5.74, 6) is 1.82. The first-order valence-corrected chi connectivity index (χ1v) is 8.20. The molecule has 4 rings (SSSR count). The number of amides is 1. The first kappa shape index (κ1) is 18.2. The maximum atomic E-state index is 12.7. The van der Waals surface area contributed by atoms with Crippen LogP contribution in [0.2, 0.25) is 0 Å². The molecule has 1 unspecified atom stereocenters. The van der Waals surface area contributed by atoms with Gasteiger partial charge in [0.05, 0.1) is 6.04 Å². The molecule has 0 aromatic heterocycles. The van der Waals surface area contributed by atoms with E-state index >= 15 is 0 Å². The SMILES string of the molecule is CC1(C)CC(NC(=O)c2ccc3c(c2)OCO3)c2cc(N)ccc2O1.Cl. The molecule has 2 aromatic rings. The van der Waals surface area contributed by atoms with Gasteiger partial charge >= 0.3 is 0 Å². The lowest BCUT2D eigenvalue weighted by molar-refractivity contribution is 0.0620. The minimum Gasteiger partial charge on any atom is -0.487 e. The fourth-order valence-corrected chi connectivity index (χ4v) is 3.28. The molecule has 0 spiro atoms. The van der Waals surface area contributed by atoms with Gasteiger partial charge in [-0.15, -0.1) is 12.4 Å². The van der Waals surface area contributed by atoms with Crippen molar-refractivity contribution in [2.45, 2.75) is 31.9 Å². The van der Waals surface area contributed by atoms with Crippen molar-refractivity contribution in [2.24, 2.45) is 0 Å². The molecular formula is C19H21ClN2O4. The zero-order valence-electron chi connectivity index (χ0n) is 14.6. The average molecular weight is 377 g/mol. The number of nitrogen functional groups attached to an aromatic ring is 1. The smallest absolute Gasteiger partial charge is 0.251 e. The number of nitrogens with one attached hydrogen (secondary N) is 1. The van der Waals surface area contributed by atoms with Crippen LogP contribution in [0.1, 0.15) is 42.2 Å². The van der Waals surface area contributed by atoms with Crippen molar-refractivity contribution in [3.05, 3.63) is 47.5 Å². The van der Waals surface area contributed by atoms with Gasteiger partial charge in [-0.3, -0.25) is 4.79 Å². The van der Waals surface area contributed by atoms with Gasteiger partial charge in [0.15, 0.2) is 11.5 Å². The lowest BCUT2D eigenvalue weighted by Gasteiger charge is -2.38. The van der Waals surface area contributed by atoms with E-state index in [-0.39, 0.29) is 36.8 Å². The van der Waals surface area contributed by atoms with Gasteiger partial charge in [-0.05, 0) is 50.2 Å². The van der Waals surface area contributed by atoms with Crippen molar-refractivity contribution in [1.82, 2.24) is 5.32 Å². The highest BCUT2D eigenvalue weighted by molar-refractivity contribution is 5.95. The molecule has 6 nitrogen and oxygen atoms in total. The quantitative estimate of drug-likeness (QED) is 0.784. The Hall–Kier alpha value is -2.60. The van der Waals surface area contributed by atoms with E-state index in [1.165, 1.54) is 0 Å². The molecule has 26 heavy (non-hydrogen) atoms. The summed E-state index contributed by atoms with van der Waals surface area (Å²) in [5, 5.41) is 3.09. The van der Waals surface area contributed by atoms with Crippen LogP contribution in [0.3, 0.4) is 0 Å². The van der Waals surface area contributed by atoms with Crippen molar-refractivity contribution in [2.75, 3.05) is 12.5 Å². The van der Waals surface area contributed by atoms with E-state index in [9.17, 15) is 4.79 Å². The van der Waals surface area contributed by atoms with Gasteiger partial charge in [-0.25, -0.2) is 0 Å². The molecule has 2 heterocycles. The molecule has 2 aliphatic rings. The van der Waals surface area contributed by atoms with Gasteiger partial charge in [0.2, 0.25) is 6.79 Å². The maximum absolute atomic E-state index is 12.7. The van der Waals surface area contributed by atoms with Crippen LogP contribution in [0.25, 0.3) is 0 Å². The Kier molecular flexibility index (Phi) is 4.63. The monoisotopic (exact) mass is 376 g/mol. The van der Waals surface area contributed by atoms with Crippen molar-refractivity contribution in [3.63, 3.8) is 0 Å². The first-order chi connectivity index (χ1) is 11.9. The second-order valence-corrected chi connectivity index (χ2v) is 6.96. The second-order valence-electron chi connectivity index (χ2n) is 6.96. The van der Waals surface area contributed by atoms with E-state index < -0.39 is 0 Å². The minimum atomic E-state index is -0.379. The Morgan fingerprint density at radius 3 is 2.65 bits per heavy atom. The second kappa shape index (κ2) is 6.61. The van der Waals surface area contributed by atoms with Gasteiger partial charge < -0.3 is 25.3 Å². The third-order valence-electron chi connectivity index (χ3n) is 4.43. The summed E-state index contributed by atoms with van der Waals surface area (Å²) in [6.45, 7) is 4.19. The molecule has 0 radical (unpaired) electrons. The van der Waals surface area contributed by atoms with E-state index in [0.29, 0.717) is 29.2 Å². The van der Waals surface area contributed by atoms with E-state index in [1.807, 2.05) is 26.0 Å². The summed E-state index contributed by atoms with van der Waals surface area (Å²) in [5.41, 5.74) is 7.60. The predicted molar refractivity (Wildman–Crippen MR) is 100 cm³/mol. The van der Waals surface area contributed by atoms with Crippen molar-refractivity contribution in [3.8, 4) is 17.2 Å². The number of ether oxygens (including phenoxy) is 3. The zero-order valence-corrected chi connectivity index (χ0v) is 15.4. The standard InChI is InChI=1S/C19H20N2O4.ClH/c1-19(2)9-14(13-8-12(20)4-6-15(13)25-19)21-18(22)11-3-5-16-17(7-11)24-10-23-16;/h3-8,14H,9-10,20H2,1-2H3,(H,21,22);1H. The molecule has 0 bridgehead atoms. The number of benzene rings is 2. The van der Waals surface area contributed by atoms with Crippen LogP contribution in [-0.4, -0.2) is 18.3 Å². The fourth-order valence-electron chi connectivity index (χ4n) is 3.28. The average Bonchev–Trinajstić information content (AvgIpc) is 3.02. The Morgan fingerprint density at radius 2 is 1.85 bits per heavy atom. The van der Waals surface area contributed by atoms with Gasteiger partial charge in [-0.2, -0.15) is 0 Å². The van der Waals surface area contributed by atoms with Crippen LogP contribution >= 0.6 is 12.4 Å². The number of hydrogen-bond acceptors (Lipinski definition) is 5. The summed E-state index contributed by atoms with van der Waals surface area (Å²) >= 11 is 0. The third-order valence-corrected chi connectivity index (χ3v) is 4.43. The number of halogens is 1. The van der Waals surface area contributed by atoms with E-state index in [4.69, 9.17) is 19.9 Å². The molecule has 3 N–H and O–H groups in total. The highest BCUT2D eigenvalue weighted by Gasteiger charge is 2.35. The van der Waals surface area contributed by atoms with Crippen molar-refractivity contribution < 1.29 is 19.0 Å². The van der Waals surface area contributed by atoms with E-state index in [1.54, 1.807) is 24.3 Å². The Balaban J connectivity index is 0.00000196. The normalized spacial score (nSPS) is 18.9. The molecular weight excluding hydrogens is 356 g/mol. The number of fused-ring (bicyclic) bond motifs is 2. The Labute approximate surface area is 158 Å². The molecule has 1 amide bonds. The summed E-state index contributed by atoms with van der Waals surface area (Å²) in [4.78, 5) is 12.7. The maximum Gasteiger partial charge on any atom is 0.251 e. The lowest BCUT2D eigenvalue weighted by atomic mass is 9.89. The molecule has 0 saturated heterocycles. The number of carbonyl (C=O) groups is 1. The zero-order chi connectivity index (χ0) is 17.6. The topological polar surface area (TPSA) is 82.8 Å². The lowest BCUT2D eigenvalue weighted by Crippen LogP contribution is -2.41. The molecule has 0 aliphatic carbocycles. The summed E-state index contributed by atoms with van der Waals surface area (Å²) in [6.07, 6.45) is 0.653. The molecule has 0 saturated carbocycles. The fraction of sp³-hybridized carbons (Fsp3) is 0.316. The highest BCUT2D eigenvalue weighted by atomic mass is 35.5. The van der Waals surface area contributed by atoms with Gasteiger partial charge in [-0.1, -0.05) is 0 Å². The molecule has 2 aliphatic heterocycles. The third kappa shape index (κ3) is 3.37. The number of rotatable bonds is 2. The van der Waals surface area contributed by atoms with Crippen LogP contribution in [0, 0.1) is 0 Å². The van der Waals surface area contributed by atoms with Crippen molar-refractivity contribution >= 4 is 24.0 Å². The van der Waals surface area contributed by atoms with Crippen molar-refractivity contribution in [1.29, 1.82) is 0 Å². The van der Waals surface area contributed by atoms with Crippen LogP contribution < -0.4 is 25.3 Å². The highest BCUT2D eigenvalue weighted by Crippen LogP contribution is 2.40. The van der Waals surface area contributed by atoms with E-state index in [2.05, 4.69) is 5.32 Å². The largest absolute Gasteiger partial charge is 0.487 e. The summed E-state index contributed by atoms with van der Waals surface area (Å²) < 4.78 is 16.6. The van der Waals surface area contributed by atoms with E-state index in [0.717, 1.165) is 11.3 Å². The van der Waals surface area contributed by atoms with Crippen LogP contribution in [0.5, 0.6) is 17.2 Å². The number of nitrogens with two attached hydrogens (primary N) is 1. The Bertz CT molecular complexity index is 853. The number of hydrogen-bond donors (Lipinski definition) is 2. The Morgan fingerprint density at radius 1 is 1.12 bits per heavy atom. The number of carbonyl (C=O) groups excluding carboxylic acids is 1. The van der Waals surface area contributed by atoms with Crippen LogP contribution in [0.15, 0.2) is 36.4 Å². The first-order valence-electron chi connectivity index (χ1n) is 8.20. The number of anilines is 1. The molecule has 1 atom stereocenters. The van der Waals surface area contributed by atoms with Crippen LogP contribution in [0.4, 0.5) is 5.69 Å². The van der Waals surface area contributed by atoms with Gasteiger partial charge in [0.25, 0.3) is 5.91 Å². The van der Waals surface area contributed by atoms with Crippen LogP contribution in [-0.2, 0) is 0 Å². The predicted octanol–water partition coefficient (Wildman–Crippen LogP) is 3.45. The molecule has 2 aromatic carbocycles. The molecule has 138 valence electrons. The van der Waals surface area contributed by atoms with Gasteiger partial charge in [0.1, 0.15) is 11.4 Å². The molecule has 7 heteroatoms. The summed E-state index contributed by atoms with van der Waals surface area (Å²) in [6, 6.07) is 10.5. The summed E-state index contributed by atoms with van der Waals surface area (Å²) in [7, 11) is 0. The molecule has 0 fully saturated rings. The van der Waals surface area contributed by atoms with Gasteiger partial charge in [0, 0.05) is 23.2 Å². The minimum absolute atomic E-state index is 0.